The van der Waals surface area contributed by atoms with E-state index in [0.29, 0.717) is 0 Å². The molecule has 0 radical (unpaired) electrons. The maximum atomic E-state index is 5.81. The van der Waals surface area contributed by atoms with E-state index in [0.717, 1.165) is 45.7 Å². The lowest BCUT2D eigenvalue weighted by atomic mass is 10.2. The number of aromatic nitrogens is 2. The van der Waals surface area contributed by atoms with Crippen LogP contribution < -0.4 is 5.32 Å². The minimum atomic E-state index is 0.796. The number of rotatable bonds is 4. The number of hydrogen-bond donors (Lipinski definition) is 2. The molecule has 0 aliphatic heterocycles. The first-order valence-electron chi connectivity index (χ1n) is 6.25. The van der Waals surface area contributed by atoms with E-state index < -0.39 is 0 Å². The summed E-state index contributed by atoms with van der Waals surface area (Å²) in [6.45, 7) is 3.04. The predicted octanol–water partition coefficient (Wildman–Crippen LogP) is 4.41. The molecule has 5 heteroatoms. The number of hydrogen-bond acceptors (Lipinski definition) is 3. The minimum absolute atomic E-state index is 0.796. The van der Waals surface area contributed by atoms with Gasteiger partial charge in [0.1, 0.15) is 17.1 Å². The summed E-state index contributed by atoms with van der Waals surface area (Å²) in [7, 11) is 0. The number of nitrogens with one attached hydrogen (secondary N) is 2. The van der Waals surface area contributed by atoms with Gasteiger partial charge < -0.3 is 9.73 Å². The van der Waals surface area contributed by atoms with Crippen molar-refractivity contribution < 1.29 is 4.42 Å². The van der Waals surface area contributed by atoms with Crippen molar-refractivity contribution in [2.75, 3.05) is 11.9 Å². The summed E-state index contributed by atoms with van der Waals surface area (Å²) >= 11 is 3.46. The van der Waals surface area contributed by atoms with Crippen LogP contribution in [-0.4, -0.2) is 16.7 Å². The zero-order chi connectivity index (χ0) is 13.2. The van der Waals surface area contributed by atoms with Crippen LogP contribution in [0.15, 0.2) is 39.2 Å². The molecule has 2 heterocycles. The molecule has 3 aromatic rings. The van der Waals surface area contributed by atoms with Crippen molar-refractivity contribution in [2.24, 2.45) is 0 Å². The SMILES string of the molecule is CCCNc1cc(-c2cc3cc(Br)ccc3o2)[nH]n1. The summed E-state index contributed by atoms with van der Waals surface area (Å²) in [5.74, 6) is 1.64. The quantitative estimate of drug-likeness (QED) is 0.749. The Morgan fingerprint density at radius 2 is 2.21 bits per heavy atom. The van der Waals surface area contributed by atoms with Crippen LogP contribution in [0, 0.1) is 0 Å². The fourth-order valence-corrected chi connectivity index (χ4v) is 2.32. The average molecular weight is 320 g/mol. The number of benzene rings is 1. The van der Waals surface area contributed by atoms with Crippen LogP contribution in [0.4, 0.5) is 5.82 Å². The Hall–Kier alpha value is -1.75. The normalized spacial score (nSPS) is 11.1. The topological polar surface area (TPSA) is 53.9 Å². The third-order valence-corrected chi connectivity index (χ3v) is 3.37. The number of nitrogens with zero attached hydrogens (tertiary/aromatic N) is 1. The molecule has 0 fully saturated rings. The first-order chi connectivity index (χ1) is 9.26. The molecule has 0 atom stereocenters. The highest BCUT2D eigenvalue weighted by Gasteiger charge is 2.09. The van der Waals surface area contributed by atoms with Crippen molar-refractivity contribution in [1.29, 1.82) is 0 Å². The van der Waals surface area contributed by atoms with E-state index in [2.05, 4.69) is 38.4 Å². The van der Waals surface area contributed by atoms with Gasteiger partial charge in [-0.3, -0.25) is 5.10 Å². The number of fused-ring (bicyclic) bond motifs is 1. The average Bonchev–Trinajstić information content (AvgIpc) is 3.01. The number of anilines is 1. The summed E-state index contributed by atoms with van der Waals surface area (Å²) < 4.78 is 6.85. The molecule has 3 rings (SSSR count). The molecule has 0 amide bonds. The molecule has 1 aromatic carbocycles. The van der Waals surface area contributed by atoms with Gasteiger partial charge in [0, 0.05) is 22.5 Å². The summed E-state index contributed by atoms with van der Waals surface area (Å²) in [5.41, 5.74) is 1.75. The van der Waals surface area contributed by atoms with Gasteiger partial charge in [-0.05, 0) is 30.7 Å². The highest BCUT2D eigenvalue weighted by atomic mass is 79.9. The van der Waals surface area contributed by atoms with E-state index >= 15 is 0 Å². The Morgan fingerprint density at radius 3 is 3.05 bits per heavy atom. The van der Waals surface area contributed by atoms with Gasteiger partial charge in [-0.2, -0.15) is 5.10 Å². The predicted molar refractivity (Wildman–Crippen MR) is 80.3 cm³/mol. The second kappa shape index (κ2) is 5.09. The van der Waals surface area contributed by atoms with Crippen LogP contribution in [0.3, 0.4) is 0 Å². The Morgan fingerprint density at radius 1 is 1.32 bits per heavy atom. The Labute approximate surface area is 119 Å². The van der Waals surface area contributed by atoms with E-state index in [4.69, 9.17) is 4.42 Å². The number of halogens is 1. The summed E-state index contributed by atoms with van der Waals surface area (Å²) in [4.78, 5) is 0. The van der Waals surface area contributed by atoms with Gasteiger partial charge in [0.15, 0.2) is 5.76 Å². The summed E-state index contributed by atoms with van der Waals surface area (Å²) in [5, 5.41) is 11.5. The maximum absolute atomic E-state index is 5.81. The zero-order valence-electron chi connectivity index (χ0n) is 10.5. The molecule has 19 heavy (non-hydrogen) atoms. The van der Waals surface area contributed by atoms with Crippen LogP contribution in [0.5, 0.6) is 0 Å². The Kier molecular flexibility index (Phi) is 3.29. The second-order valence-corrected chi connectivity index (χ2v) is 5.30. The number of aromatic amines is 1. The van der Waals surface area contributed by atoms with Crippen molar-refractivity contribution in [3.8, 4) is 11.5 Å². The lowest BCUT2D eigenvalue weighted by Crippen LogP contribution is -1.99. The van der Waals surface area contributed by atoms with E-state index in [1.54, 1.807) is 0 Å². The molecule has 2 aromatic heterocycles. The van der Waals surface area contributed by atoms with Gasteiger partial charge >= 0.3 is 0 Å². The van der Waals surface area contributed by atoms with Crippen LogP contribution in [0.25, 0.3) is 22.4 Å². The van der Waals surface area contributed by atoms with Crippen LogP contribution in [-0.2, 0) is 0 Å². The summed E-state index contributed by atoms with van der Waals surface area (Å²) in [6.07, 6.45) is 1.07. The van der Waals surface area contributed by atoms with E-state index in [9.17, 15) is 0 Å². The molecule has 0 bridgehead atoms. The highest BCUT2D eigenvalue weighted by Crippen LogP contribution is 2.29. The molecule has 0 saturated carbocycles. The standard InChI is InChI=1S/C14H14BrN3O/c1-2-5-16-14-8-11(17-18-14)13-7-9-6-10(15)3-4-12(9)19-13/h3-4,6-8H,2,5H2,1H3,(H2,16,17,18). The van der Waals surface area contributed by atoms with Crippen LogP contribution >= 0.6 is 15.9 Å². The number of H-pyrrole nitrogens is 1. The fourth-order valence-electron chi connectivity index (χ4n) is 1.94. The molecule has 0 aliphatic rings. The van der Waals surface area contributed by atoms with Crippen LogP contribution in [0.2, 0.25) is 0 Å². The van der Waals surface area contributed by atoms with Crippen molar-refractivity contribution >= 4 is 32.7 Å². The van der Waals surface area contributed by atoms with Crippen molar-refractivity contribution in [1.82, 2.24) is 10.2 Å². The fraction of sp³-hybridized carbons (Fsp3) is 0.214. The van der Waals surface area contributed by atoms with Crippen molar-refractivity contribution in [2.45, 2.75) is 13.3 Å². The summed E-state index contributed by atoms with van der Waals surface area (Å²) in [6, 6.07) is 9.93. The Balaban J connectivity index is 1.92. The first kappa shape index (κ1) is 12.3. The molecule has 2 N–H and O–H groups in total. The molecule has 4 nitrogen and oxygen atoms in total. The monoisotopic (exact) mass is 319 g/mol. The van der Waals surface area contributed by atoms with E-state index in [-0.39, 0.29) is 0 Å². The molecule has 0 unspecified atom stereocenters. The molecule has 98 valence electrons. The van der Waals surface area contributed by atoms with Crippen molar-refractivity contribution in [3.05, 3.63) is 34.8 Å². The molecular weight excluding hydrogens is 306 g/mol. The lowest BCUT2D eigenvalue weighted by Gasteiger charge is -1.96. The van der Waals surface area contributed by atoms with Crippen molar-refractivity contribution in [3.63, 3.8) is 0 Å². The smallest absolute Gasteiger partial charge is 0.153 e. The molecule has 0 saturated heterocycles. The first-order valence-corrected chi connectivity index (χ1v) is 7.04. The minimum Gasteiger partial charge on any atom is -0.454 e. The molecule has 0 aliphatic carbocycles. The number of furan rings is 1. The van der Waals surface area contributed by atoms with E-state index in [1.165, 1.54) is 0 Å². The highest BCUT2D eigenvalue weighted by molar-refractivity contribution is 9.10. The molecular formula is C14H14BrN3O. The third-order valence-electron chi connectivity index (χ3n) is 2.88. The van der Waals surface area contributed by atoms with Crippen LogP contribution in [0.1, 0.15) is 13.3 Å². The largest absolute Gasteiger partial charge is 0.454 e. The Bertz CT molecular complexity index is 702. The van der Waals surface area contributed by atoms with Gasteiger partial charge in [-0.15, -0.1) is 0 Å². The maximum Gasteiger partial charge on any atom is 0.153 e. The van der Waals surface area contributed by atoms with Gasteiger partial charge in [0.05, 0.1) is 0 Å². The van der Waals surface area contributed by atoms with Gasteiger partial charge in [-0.25, -0.2) is 0 Å². The second-order valence-electron chi connectivity index (χ2n) is 4.39. The van der Waals surface area contributed by atoms with Gasteiger partial charge in [0.25, 0.3) is 0 Å². The van der Waals surface area contributed by atoms with E-state index in [1.807, 2.05) is 30.3 Å². The lowest BCUT2D eigenvalue weighted by molar-refractivity contribution is 0.628. The zero-order valence-corrected chi connectivity index (χ0v) is 12.1. The van der Waals surface area contributed by atoms with Gasteiger partial charge in [-0.1, -0.05) is 22.9 Å². The third kappa shape index (κ3) is 2.51. The van der Waals surface area contributed by atoms with Gasteiger partial charge in [0.2, 0.25) is 0 Å². The molecule has 0 spiro atoms.